The van der Waals surface area contributed by atoms with Crippen molar-refractivity contribution >= 4 is 40.4 Å². The van der Waals surface area contributed by atoms with Gasteiger partial charge in [0.15, 0.2) is 5.82 Å². The average Bonchev–Trinajstić information content (AvgIpc) is 2.53. The highest BCUT2D eigenvalue weighted by Gasteiger charge is 2.11. The van der Waals surface area contributed by atoms with Gasteiger partial charge in [-0.15, -0.1) is 0 Å². The number of morpholine rings is 1. The molecular weight excluding hydrogens is 311 g/mol. The van der Waals surface area contributed by atoms with Gasteiger partial charge in [0.2, 0.25) is 5.28 Å². The van der Waals surface area contributed by atoms with Gasteiger partial charge in [0, 0.05) is 24.5 Å². The number of anilines is 3. The molecule has 7 heteroatoms. The number of halogens is 2. The Balaban J connectivity index is 1.73. The third-order valence-corrected chi connectivity index (χ3v) is 3.68. The lowest BCUT2D eigenvalue weighted by atomic mass is 10.2. The largest absolute Gasteiger partial charge is 0.378 e. The maximum Gasteiger partial charge on any atom is 0.224 e. The fourth-order valence-corrected chi connectivity index (χ4v) is 2.42. The maximum atomic E-state index is 6.03. The number of aromatic nitrogens is 2. The first-order valence-electron chi connectivity index (χ1n) is 6.60. The minimum absolute atomic E-state index is 0.159. The summed E-state index contributed by atoms with van der Waals surface area (Å²) in [4.78, 5) is 10.2. The molecule has 110 valence electrons. The molecule has 0 atom stereocenters. The highest BCUT2D eigenvalue weighted by Crippen LogP contribution is 2.25. The van der Waals surface area contributed by atoms with Crippen LogP contribution in [0.1, 0.15) is 0 Å². The van der Waals surface area contributed by atoms with E-state index in [9.17, 15) is 0 Å². The van der Waals surface area contributed by atoms with Crippen LogP contribution >= 0.6 is 23.2 Å². The van der Waals surface area contributed by atoms with E-state index in [1.54, 1.807) is 0 Å². The van der Waals surface area contributed by atoms with Crippen LogP contribution in [0.3, 0.4) is 0 Å². The normalized spacial score (nSPS) is 15.0. The van der Waals surface area contributed by atoms with Crippen LogP contribution in [0.4, 0.5) is 17.2 Å². The molecule has 0 spiro atoms. The molecule has 1 aliphatic rings. The van der Waals surface area contributed by atoms with Gasteiger partial charge < -0.3 is 15.0 Å². The van der Waals surface area contributed by atoms with Crippen molar-refractivity contribution in [1.82, 2.24) is 9.97 Å². The molecular formula is C14H14Cl2N4O. The van der Waals surface area contributed by atoms with Crippen molar-refractivity contribution in [3.05, 3.63) is 40.8 Å². The van der Waals surface area contributed by atoms with E-state index >= 15 is 0 Å². The van der Waals surface area contributed by atoms with E-state index in [-0.39, 0.29) is 5.28 Å². The van der Waals surface area contributed by atoms with Gasteiger partial charge in [-0.05, 0) is 35.9 Å². The molecule has 0 saturated carbocycles. The van der Waals surface area contributed by atoms with Crippen molar-refractivity contribution in [2.24, 2.45) is 0 Å². The minimum Gasteiger partial charge on any atom is -0.378 e. The molecule has 3 rings (SSSR count). The van der Waals surface area contributed by atoms with Gasteiger partial charge in [-0.1, -0.05) is 11.6 Å². The van der Waals surface area contributed by atoms with Crippen LogP contribution in [-0.4, -0.2) is 36.3 Å². The highest BCUT2D eigenvalue weighted by molar-refractivity contribution is 6.33. The van der Waals surface area contributed by atoms with Crippen LogP contribution in [0, 0.1) is 0 Å². The molecule has 1 aromatic carbocycles. The van der Waals surface area contributed by atoms with Crippen LogP contribution in [0.25, 0.3) is 0 Å². The summed E-state index contributed by atoms with van der Waals surface area (Å²) in [6, 6.07) is 8.09. The van der Waals surface area contributed by atoms with Crippen molar-refractivity contribution in [2.45, 2.75) is 0 Å². The van der Waals surface area contributed by atoms with Crippen LogP contribution in [0.15, 0.2) is 30.5 Å². The molecule has 0 unspecified atom stereocenters. The monoisotopic (exact) mass is 324 g/mol. The summed E-state index contributed by atoms with van der Waals surface area (Å²) in [5.41, 5.74) is 2.07. The lowest BCUT2D eigenvalue weighted by Gasteiger charge is -2.28. The minimum atomic E-state index is 0.159. The molecule has 5 nitrogen and oxygen atoms in total. The van der Waals surface area contributed by atoms with Gasteiger partial charge in [-0.2, -0.15) is 4.98 Å². The smallest absolute Gasteiger partial charge is 0.224 e. The van der Waals surface area contributed by atoms with Crippen LogP contribution < -0.4 is 10.2 Å². The molecule has 0 aliphatic carbocycles. The second-order valence-electron chi connectivity index (χ2n) is 4.61. The molecule has 0 bridgehead atoms. The Morgan fingerprint density at radius 2 is 1.81 bits per heavy atom. The third kappa shape index (κ3) is 3.56. The molecule has 1 aromatic heterocycles. The highest BCUT2D eigenvalue weighted by atomic mass is 35.5. The number of nitrogens with zero attached hydrogens (tertiary/aromatic N) is 3. The van der Waals surface area contributed by atoms with E-state index in [0.29, 0.717) is 10.8 Å². The molecule has 0 amide bonds. The van der Waals surface area contributed by atoms with Crippen LogP contribution in [0.5, 0.6) is 0 Å². The Morgan fingerprint density at radius 3 is 2.52 bits per heavy atom. The standard InChI is InChI=1S/C14H14Cl2N4O/c15-12-9-17-14(16)19-13(12)18-10-1-3-11(4-2-10)20-5-7-21-8-6-20/h1-4,9H,5-8H2,(H,17,18,19). The molecule has 1 saturated heterocycles. The summed E-state index contributed by atoms with van der Waals surface area (Å²) in [6.45, 7) is 3.38. The topological polar surface area (TPSA) is 50.3 Å². The summed E-state index contributed by atoms with van der Waals surface area (Å²) in [6.07, 6.45) is 1.47. The SMILES string of the molecule is Clc1ncc(Cl)c(Nc2ccc(N3CCOCC3)cc2)n1. The molecule has 1 fully saturated rings. The fraction of sp³-hybridized carbons (Fsp3) is 0.286. The van der Waals surface area contributed by atoms with Crippen molar-refractivity contribution in [1.29, 1.82) is 0 Å². The molecule has 1 N–H and O–H groups in total. The van der Waals surface area contributed by atoms with Crippen molar-refractivity contribution in [3.8, 4) is 0 Å². The number of benzene rings is 1. The first-order chi connectivity index (χ1) is 10.2. The Kier molecular flexibility index (Phi) is 4.43. The zero-order chi connectivity index (χ0) is 14.7. The van der Waals surface area contributed by atoms with Crippen LogP contribution in [0.2, 0.25) is 10.3 Å². The maximum absolute atomic E-state index is 6.03. The summed E-state index contributed by atoms with van der Waals surface area (Å²) < 4.78 is 5.35. The lowest BCUT2D eigenvalue weighted by molar-refractivity contribution is 0.122. The number of rotatable bonds is 3. The van der Waals surface area contributed by atoms with Gasteiger partial charge >= 0.3 is 0 Å². The summed E-state index contributed by atoms with van der Waals surface area (Å²) in [7, 11) is 0. The van der Waals surface area contributed by atoms with E-state index in [2.05, 4.69) is 32.3 Å². The number of nitrogens with one attached hydrogen (secondary N) is 1. The van der Waals surface area contributed by atoms with E-state index in [4.69, 9.17) is 27.9 Å². The molecule has 2 aromatic rings. The number of hydrogen-bond acceptors (Lipinski definition) is 5. The van der Waals surface area contributed by atoms with Gasteiger partial charge in [-0.3, -0.25) is 0 Å². The number of ether oxygens (including phenoxy) is 1. The zero-order valence-corrected chi connectivity index (χ0v) is 12.7. The Bertz CT molecular complexity index is 615. The molecule has 1 aliphatic heterocycles. The Morgan fingerprint density at radius 1 is 1.10 bits per heavy atom. The Labute approximate surface area is 132 Å². The molecule has 2 heterocycles. The van der Waals surface area contributed by atoms with Crippen molar-refractivity contribution < 1.29 is 4.74 Å². The van der Waals surface area contributed by atoms with Crippen molar-refractivity contribution in [2.75, 3.05) is 36.5 Å². The van der Waals surface area contributed by atoms with Crippen molar-refractivity contribution in [3.63, 3.8) is 0 Å². The zero-order valence-electron chi connectivity index (χ0n) is 11.2. The predicted molar refractivity (Wildman–Crippen MR) is 84.8 cm³/mol. The third-order valence-electron chi connectivity index (χ3n) is 3.22. The van der Waals surface area contributed by atoms with E-state index in [1.807, 2.05) is 12.1 Å². The quantitative estimate of drug-likeness (QED) is 0.877. The summed E-state index contributed by atoms with van der Waals surface area (Å²) in [5.74, 6) is 0.496. The van der Waals surface area contributed by atoms with Gasteiger partial charge in [0.25, 0.3) is 0 Å². The average molecular weight is 325 g/mol. The van der Waals surface area contributed by atoms with Crippen LogP contribution in [-0.2, 0) is 4.74 Å². The first-order valence-corrected chi connectivity index (χ1v) is 7.36. The van der Waals surface area contributed by atoms with E-state index in [1.165, 1.54) is 11.9 Å². The second-order valence-corrected chi connectivity index (χ2v) is 5.35. The van der Waals surface area contributed by atoms with Gasteiger partial charge in [0.05, 0.1) is 19.4 Å². The predicted octanol–water partition coefficient (Wildman–Crippen LogP) is 3.36. The number of hydrogen-bond donors (Lipinski definition) is 1. The second kappa shape index (κ2) is 6.47. The fourth-order valence-electron chi connectivity index (χ4n) is 2.15. The van der Waals surface area contributed by atoms with E-state index in [0.717, 1.165) is 32.0 Å². The first kappa shape index (κ1) is 14.4. The van der Waals surface area contributed by atoms with Gasteiger partial charge in [-0.25, -0.2) is 4.98 Å². The Hall–Kier alpha value is -1.56. The van der Waals surface area contributed by atoms with Gasteiger partial charge in [0.1, 0.15) is 5.02 Å². The molecule has 21 heavy (non-hydrogen) atoms. The molecule has 0 radical (unpaired) electrons. The van der Waals surface area contributed by atoms with E-state index < -0.39 is 0 Å². The summed E-state index contributed by atoms with van der Waals surface area (Å²) in [5, 5.41) is 3.72. The lowest BCUT2D eigenvalue weighted by Crippen LogP contribution is -2.36. The summed E-state index contributed by atoms with van der Waals surface area (Å²) >= 11 is 11.8.